The van der Waals surface area contributed by atoms with E-state index in [1.54, 1.807) is 11.9 Å². The number of halogens is 1. The number of ether oxygens (including phenoxy) is 1. The van der Waals surface area contributed by atoms with Crippen molar-refractivity contribution in [3.05, 3.63) is 65.7 Å². The predicted molar refractivity (Wildman–Crippen MR) is 99.5 cm³/mol. The van der Waals surface area contributed by atoms with Crippen LogP contribution in [-0.2, 0) is 4.79 Å². The molecule has 0 aliphatic rings. The summed E-state index contributed by atoms with van der Waals surface area (Å²) < 4.78 is 5.72. The molecule has 0 radical (unpaired) electrons. The van der Waals surface area contributed by atoms with Gasteiger partial charge in [-0.1, -0.05) is 48.5 Å². The average Bonchev–Trinajstić information content (AvgIpc) is 2.57. The van der Waals surface area contributed by atoms with Crippen LogP contribution in [0.5, 0.6) is 5.75 Å². The number of hydrogen-bond acceptors (Lipinski definition) is 3. The lowest BCUT2D eigenvalue weighted by Crippen LogP contribution is -2.33. The van der Waals surface area contributed by atoms with Crippen LogP contribution in [0.2, 0.25) is 0 Å². The molecule has 0 aromatic heterocycles. The third-order valence-electron chi connectivity index (χ3n) is 3.83. The lowest BCUT2D eigenvalue weighted by Gasteiger charge is -2.20. The van der Waals surface area contributed by atoms with E-state index in [1.807, 2.05) is 61.5 Å². The molecule has 2 rings (SSSR count). The normalized spacial score (nSPS) is 11.3. The first kappa shape index (κ1) is 20.0. The molecule has 24 heavy (non-hydrogen) atoms. The standard InChI is InChI=1S/C19H24N2O2.ClH/c1-15-8-6-7-11-18(15)23-13-12-21(2)19(22)14-17(20)16-9-4-3-5-10-16;/h3-11,17H,12-14,20H2,1-2H3;1H. The van der Waals surface area contributed by atoms with Crippen molar-refractivity contribution < 1.29 is 9.53 Å². The zero-order valence-corrected chi connectivity index (χ0v) is 15.0. The quantitative estimate of drug-likeness (QED) is 0.834. The number of likely N-dealkylation sites (N-methyl/N-ethyl adjacent to an activating group) is 1. The van der Waals surface area contributed by atoms with Gasteiger partial charge < -0.3 is 15.4 Å². The molecule has 1 atom stereocenters. The highest BCUT2D eigenvalue weighted by molar-refractivity contribution is 5.85. The highest BCUT2D eigenvalue weighted by atomic mass is 35.5. The second-order valence-electron chi connectivity index (χ2n) is 5.65. The molecule has 2 aromatic rings. The molecule has 0 bridgehead atoms. The van der Waals surface area contributed by atoms with Crippen molar-refractivity contribution in [2.45, 2.75) is 19.4 Å². The zero-order valence-electron chi connectivity index (χ0n) is 14.1. The SMILES string of the molecule is Cc1ccccc1OCCN(C)C(=O)CC(N)c1ccccc1.Cl. The number of benzene rings is 2. The molecule has 1 unspecified atom stereocenters. The monoisotopic (exact) mass is 348 g/mol. The molecule has 130 valence electrons. The van der Waals surface area contributed by atoms with Gasteiger partial charge in [0.25, 0.3) is 0 Å². The lowest BCUT2D eigenvalue weighted by atomic mass is 10.0. The van der Waals surface area contributed by atoms with Gasteiger partial charge in [-0.25, -0.2) is 0 Å². The number of amides is 1. The minimum absolute atomic E-state index is 0. The topological polar surface area (TPSA) is 55.6 Å². The van der Waals surface area contributed by atoms with Crippen LogP contribution in [0.1, 0.15) is 23.6 Å². The summed E-state index contributed by atoms with van der Waals surface area (Å²) in [7, 11) is 1.78. The second kappa shape index (κ2) is 9.96. The molecular weight excluding hydrogens is 324 g/mol. The van der Waals surface area contributed by atoms with Gasteiger partial charge in [-0.15, -0.1) is 12.4 Å². The third-order valence-corrected chi connectivity index (χ3v) is 3.83. The lowest BCUT2D eigenvalue weighted by molar-refractivity contribution is -0.130. The number of hydrogen-bond donors (Lipinski definition) is 1. The van der Waals surface area contributed by atoms with Crippen LogP contribution in [0, 0.1) is 6.92 Å². The van der Waals surface area contributed by atoms with Gasteiger partial charge in [0.15, 0.2) is 0 Å². The molecule has 0 fully saturated rings. The van der Waals surface area contributed by atoms with Gasteiger partial charge in [-0.2, -0.15) is 0 Å². The Morgan fingerprint density at radius 2 is 1.75 bits per heavy atom. The molecule has 4 nitrogen and oxygen atoms in total. The maximum absolute atomic E-state index is 12.2. The molecule has 0 aliphatic carbocycles. The Morgan fingerprint density at radius 1 is 1.12 bits per heavy atom. The number of rotatable bonds is 7. The fourth-order valence-electron chi connectivity index (χ4n) is 2.30. The predicted octanol–water partition coefficient (Wildman–Crippen LogP) is 3.34. The first-order valence-electron chi connectivity index (χ1n) is 7.81. The first-order chi connectivity index (χ1) is 11.1. The van der Waals surface area contributed by atoms with Crippen molar-refractivity contribution in [1.82, 2.24) is 4.90 Å². The van der Waals surface area contributed by atoms with Gasteiger partial charge >= 0.3 is 0 Å². The Balaban J connectivity index is 0.00000288. The molecule has 5 heteroatoms. The number of carbonyl (C=O) groups excluding carboxylic acids is 1. The van der Waals surface area contributed by atoms with Crippen molar-refractivity contribution in [2.75, 3.05) is 20.2 Å². The van der Waals surface area contributed by atoms with E-state index in [0.717, 1.165) is 16.9 Å². The van der Waals surface area contributed by atoms with Crippen LogP contribution in [0.3, 0.4) is 0 Å². The number of aryl methyl sites for hydroxylation is 1. The molecule has 0 saturated heterocycles. The van der Waals surface area contributed by atoms with Crippen LogP contribution < -0.4 is 10.5 Å². The highest BCUT2D eigenvalue weighted by Crippen LogP contribution is 2.16. The van der Waals surface area contributed by atoms with E-state index in [9.17, 15) is 4.79 Å². The molecule has 0 spiro atoms. The van der Waals surface area contributed by atoms with E-state index in [-0.39, 0.29) is 24.4 Å². The fourth-order valence-corrected chi connectivity index (χ4v) is 2.30. The smallest absolute Gasteiger partial charge is 0.224 e. The molecule has 2 aromatic carbocycles. The van der Waals surface area contributed by atoms with Crippen LogP contribution in [0.15, 0.2) is 54.6 Å². The average molecular weight is 349 g/mol. The van der Waals surface area contributed by atoms with Gasteiger partial charge in [0.1, 0.15) is 12.4 Å². The van der Waals surface area contributed by atoms with Crippen molar-refractivity contribution in [1.29, 1.82) is 0 Å². The van der Waals surface area contributed by atoms with E-state index in [1.165, 1.54) is 0 Å². The van der Waals surface area contributed by atoms with Crippen LogP contribution in [0.4, 0.5) is 0 Å². The number of nitrogens with zero attached hydrogens (tertiary/aromatic N) is 1. The van der Waals surface area contributed by atoms with Crippen molar-refractivity contribution in [2.24, 2.45) is 5.73 Å². The molecule has 2 N–H and O–H groups in total. The van der Waals surface area contributed by atoms with Crippen LogP contribution in [-0.4, -0.2) is 31.0 Å². The summed E-state index contributed by atoms with van der Waals surface area (Å²) >= 11 is 0. The maximum Gasteiger partial charge on any atom is 0.224 e. The van der Waals surface area contributed by atoms with Gasteiger partial charge in [-0.3, -0.25) is 4.79 Å². The Bertz CT molecular complexity index is 634. The van der Waals surface area contributed by atoms with Crippen molar-refractivity contribution >= 4 is 18.3 Å². The van der Waals surface area contributed by atoms with Crippen molar-refractivity contribution in [3.8, 4) is 5.75 Å². The number of para-hydroxylation sites is 1. The Hall–Kier alpha value is -2.04. The fraction of sp³-hybridized carbons (Fsp3) is 0.316. The minimum Gasteiger partial charge on any atom is -0.491 e. The molecule has 1 amide bonds. The maximum atomic E-state index is 12.2. The summed E-state index contributed by atoms with van der Waals surface area (Å²) in [6.07, 6.45) is 0.297. The summed E-state index contributed by atoms with van der Waals surface area (Å²) in [5, 5.41) is 0. The number of nitrogens with two attached hydrogens (primary N) is 1. The third kappa shape index (κ3) is 5.87. The highest BCUT2D eigenvalue weighted by Gasteiger charge is 2.15. The largest absolute Gasteiger partial charge is 0.491 e. The summed E-state index contributed by atoms with van der Waals surface area (Å²) in [6, 6.07) is 17.3. The van der Waals surface area contributed by atoms with Crippen LogP contribution in [0.25, 0.3) is 0 Å². The first-order valence-corrected chi connectivity index (χ1v) is 7.81. The molecule has 0 aliphatic heterocycles. The summed E-state index contributed by atoms with van der Waals surface area (Å²) in [4.78, 5) is 13.9. The van der Waals surface area contributed by atoms with Crippen molar-refractivity contribution in [3.63, 3.8) is 0 Å². The Kier molecular flexibility index (Phi) is 8.30. The summed E-state index contributed by atoms with van der Waals surface area (Å²) in [5.41, 5.74) is 8.16. The Labute approximate surface area is 150 Å². The number of carbonyl (C=O) groups is 1. The Morgan fingerprint density at radius 3 is 2.42 bits per heavy atom. The van der Waals surface area contributed by atoms with Gasteiger partial charge in [0, 0.05) is 19.5 Å². The van der Waals surface area contributed by atoms with Gasteiger partial charge in [0.05, 0.1) is 6.54 Å². The van der Waals surface area contributed by atoms with E-state index in [2.05, 4.69) is 0 Å². The second-order valence-corrected chi connectivity index (χ2v) is 5.65. The van der Waals surface area contributed by atoms with Crippen LogP contribution >= 0.6 is 12.4 Å². The van der Waals surface area contributed by atoms with E-state index in [4.69, 9.17) is 10.5 Å². The molecule has 0 saturated carbocycles. The van der Waals surface area contributed by atoms with E-state index < -0.39 is 0 Å². The molecular formula is C19H25ClN2O2. The summed E-state index contributed by atoms with van der Waals surface area (Å²) in [6.45, 7) is 3.01. The molecule has 0 heterocycles. The van der Waals surface area contributed by atoms with E-state index in [0.29, 0.717) is 19.6 Å². The minimum atomic E-state index is -0.275. The summed E-state index contributed by atoms with van der Waals surface area (Å²) in [5.74, 6) is 0.879. The van der Waals surface area contributed by atoms with Gasteiger partial charge in [0.2, 0.25) is 5.91 Å². The zero-order chi connectivity index (χ0) is 16.7. The van der Waals surface area contributed by atoms with E-state index >= 15 is 0 Å². The van der Waals surface area contributed by atoms with Gasteiger partial charge in [-0.05, 0) is 24.1 Å².